The van der Waals surface area contributed by atoms with Crippen LogP contribution in [0.1, 0.15) is 34.6 Å². The summed E-state index contributed by atoms with van der Waals surface area (Å²) >= 11 is 1.92. The fourth-order valence-corrected chi connectivity index (χ4v) is 9.80. The lowest BCUT2D eigenvalue weighted by molar-refractivity contribution is 0.661. The lowest BCUT2D eigenvalue weighted by atomic mass is 9.63. The van der Waals surface area contributed by atoms with Crippen molar-refractivity contribution in [3.8, 4) is 22.3 Å². The fourth-order valence-electron chi connectivity index (χ4n) is 8.61. The lowest BCUT2D eigenvalue weighted by Gasteiger charge is -2.38. The average molecular weight is 603 g/mol. The van der Waals surface area contributed by atoms with Crippen LogP contribution in [-0.4, -0.2) is 0 Å². The summed E-state index contributed by atoms with van der Waals surface area (Å²) in [5, 5.41) is 5.28. The van der Waals surface area contributed by atoms with E-state index in [0.29, 0.717) is 0 Å². The van der Waals surface area contributed by atoms with Gasteiger partial charge in [-0.25, -0.2) is 0 Å². The second-order valence-corrected chi connectivity index (χ2v) is 13.9. The first-order valence-electron chi connectivity index (χ1n) is 16.2. The second kappa shape index (κ2) is 9.94. The van der Waals surface area contributed by atoms with E-state index in [0.717, 1.165) is 6.42 Å². The van der Waals surface area contributed by atoms with Crippen molar-refractivity contribution in [2.75, 3.05) is 0 Å². The predicted octanol–water partition coefficient (Wildman–Crippen LogP) is 12.1. The van der Waals surface area contributed by atoms with Crippen molar-refractivity contribution in [1.82, 2.24) is 0 Å². The van der Waals surface area contributed by atoms with Crippen molar-refractivity contribution in [2.45, 2.75) is 27.5 Å². The van der Waals surface area contributed by atoms with Gasteiger partial charge in [-0.15, -0.1) is 0 Å². The smallest absolute Gasteiger partial charge is 0.0677 e. The van der Waals surface area contributed by atoms with Gasteiger partial charge >= 0.3 is 0 Å². The number of hydrogen-bond acceptors (Lipinski definition) is 1. The van der Waals surface area contributed by atoms with E-state index in [9.17, 15) is 0 Å². The highest BCUT2D eigenvalue weighted by atomic mass is 32.2. The summed E-state index contributed by atoms with van der Waals surface area (Å²) in [6.45, 7) is 0. The van der Waals surface area contributed by atoms with Crippen LogP contribution >= 0.6 is 11.8 Å². The molecule has 46 heavy (non-hydrogen) atoms. The summed E-state index contributed by atoms with van der Waals surface area (Å²) in [5.74, 6) is 0.258. The van der Waals surface area contributed by atoms with Crippen molar-refractivity contribution in [3.05, 3.63) is 192 Å². The number of hydrogen-bond donors (Lipinski definition) is 0. The van der Waals surface area contributed by atoms with Gasteiger partial charge in [0.05, 0.1) is 5.41 Å². The van der Waals surface area contributed by atoms with Crippen LogP contribution in [0, 0.1) is 0 Å². The summed E-state index contributed by atoms with van der Waals surface area (Å²) in [5.41, 5.74) is 12.1. The third-order valence-electron chi connectivity index (χ3n) is 10.5. The van der Waals surface area contributed by atoms with Gasteiger partial charge in [0.15, 0.2) is 0 Å². The first-order valence-corrected chi connectivity index (χ1v) is 17.0. The molecule has 0 bridgehead atoms. The topological polar surface area (TPSA) is 0 Å². The Bertz CT molecular complexity index is 2420. The third kappa shape index (κ3) is 3.58. The van der Waals surface area contributed by atoms with Gasteiger partial charge in [0.1, 0.15) is 0 Å². The van der Waals surface area contributed by atoms with Gasteiger partial charge in [-0.3, -0.25) is 0 Å². The van der Waals surface area contributed by atoms with Crippen LogP contribution in [0.4, 0.5) is 0 Å². The summed E-state index contributed by atoms with van der Waals surface area (Å²) in [7, 11) is 0. The number of rotatable bonds is 3. The van der Waals surface area contributed by atoms with Crippen LogP contribution in [-0.2, 0) is 5.41 Å². The maximum absolute atomic E-state index is 2.48. The van der Waals surface area contributed by atoms with Crippen LogP contribution in [0.15, 0.2) is 179 Å². The summed E-state index contributed by atoms with van der Waals surface area (Å²) in [6, 6.07) is 54.5. The molecule has 0 spiro atoms. The van der Waals surface area contributed by atoms with Crippen molar-refractivity contribution < 1.29 is 0 Å². The van der Waals surface area contributed by atoms with Gasteiger partial charge in [-0.1, -0.05) is 151 Å². The van der Waals surface area contributed by atoms with Gasteiger partial charge < -0.3 is 0 Å². The molecule has 0 N–H and O–H groups in total. The van der Waals surface area contributed by atoms with E-state index >= 15 is 0 Å². The zero-order chi connectivity index (χ0) is 30.2. The Morgan fingerprint density at radius 1 is 0.543 bits per heavy atom. The molecule has 216 valence electrons. The molecule has 1 heteroatoms. The van der Waals surface area contributed by atoms with E-state index in [1.165, 1.54) is 81.4 Å². The van der Waals surface area contributed by atoms with Gasteiger partial charge in [0.2, 0.25) is 0 Å². The van der Waals surface area contributed by atoms with Gasteiger partial charge in [-0.05, 0) is 91.4 Å². The highest BCUT2D eigenvalue weighted by Crippen LogP contribution is 2.60. The van der Waals surface area contributed by atoms with Crippen molar-refractivity contribution >= 4 is 33.3 Å². The minimum atomic E-state index is -0.379. The molecule has 7 aromatic rings. The Labute approximate surface area is 273 Å². The van der Waals surface area contributed by atoms with E-state index in [-0.39, 0.29) is 11.3 Å². The molecular weight excluding hydrogens is 573 g/mol. The first-order chi connectivity index (χ1) is 22.8. The summed E-state index contributed by atoms with van der Waals surface area (Å²) < 4.78 is 0. The molecule has 7 aromatic carbocycles. The zero-order valence-corrected chi connectivity index (χ0v) is 26.1. The monoisotopic (exact) mass is 602 g/mol. The van der Waals surface area contributed by atoms with Crippen LogP contribution in [0.2, 0.25) is 0 Å². The lowest BCUT2D eigenvalue weighted by Crippen LogP contribution is -2.31. The molecule has 1 aliphatic heterocycles. The fraction of sp³-hybridized carbons (Fsp3) is 0.0667. The number of allylic oxidation sites excluding steroid dienone is 4. The van der Waals surface area contributed by atoms with Crippen molar-refractivity contribution in [3.63, 3.8) is 0 Å². The molecule has 0 amide bonds. The van der Waals surface area contributed by atoms with E-state index < -0.39 is 0 Å². The summed E-state index contributed by atoms with van der Waals surface area (Å²) in [4.78, 5) is 2.71. The maximum Gasteiger partial charge on any atom is 0.0677 e. The van der Waals surface area contributed by atoms with Crippen LogP contribution in [0.25, 0.3) is 43.8 Å². The van der Waals surface area contributed by atoms with Crippen molar-refractivity contribution in [1.29, 1.82) is 0 Å². The van der Waals surface area contributed by atoms with E-state index in [1.54, 1.807) is 0 Å². The Hall–Kier alpha value is -5.11. The minimum absolute atomic E-state index is 0.258. The minimum Gasteiger partial charge on any atom is -0.0888 e. The first kappa shape index (κ1) is 26.1. The summed E-state index contributed by atoms with van der Waals surface area (Å²) in [6.07, 6.45) is 8.14. The van der Waals surface area contributed by atoms with Crippen LogP contribution < -0.4 is 0 Å². The molecule has 0 nitrogen and oxygen atoms in total. The molecule has 0 aromatic heterocycles. The molecule has 2 aliphatic carbocycles. The highest BCUT2D eigenvalue weighted by Gasteiger charge is 2.48. The number of fused-ring (bicyclic) bond motifs is 6. The molecule has 0 saturated carbocycles. The standard InChI is InChI=1S/C45H30S/c1-2-17-33(18-3-1)45(39-23-7-6-20-36(39)38-27-30-12-4-5-13-31(30)28-40(38)45)34-19-8-16-32(26-34)35-21-11-25-42-44(35)37-22-9-14-29-15-10-24-41(46-42)43(29)37/h1-25,27-28,32H,26H2. The molecule has 1 heterocycles. The Morgan fingerprint density at radius 2 is 1.24 bits per heavy atom. The van der Waals surface area contributed by atoms with Crippen molar-refractivity contribution in [2.24, 2.45) is 0 Å². The molecule has 10 rings (SSSR count). The molecule has 2 unspecified atom stereocenters. The zero-order valence-electron chi connectivity index (χ0n) is 25.3. The average Bonchev–Trinajstić information content (AvgIpc) is 3.41. The Morgan fingerprint density at radius 3 is 2.13 bits per heavy atom. The van der Waals surface area contributed by atoms with E-state index in [4.69, 9.17) is 0 Å². The predicted molar refractivity (Wildman–Crippen MR) is 194 cm³/mol. The highest BCUT2D eigenvalue weighted by molar-refractivity contribution is 7.99. The third-order valence-corrected chi connectivity index (χ3v) is 11.6. The largest absolute Gasteiger partial charge is 0.0888 e. The maximum atomic E-state index is 2.48. The van der Waals surface area contributed by atoms with Crippen LogP contribution in [0.3, 0.4) is 0 Å². The van der Waals surface area contributed by atoms with Crippen LogP contribution in [0.5, 0.6) is 0 Å². The molecular formula is C45H30S. The van der Waals surface area contributed by atoms with Gasteiger partial charge in [-0.2, -0.15) is 0 Å². The van der Waals surface area contributed by atoms with Gasteiger partial charge in [0.25, 0.3) is 0 Å². The molecule has 0 saturated heterocycles. The molecule has 3 aliphatic rings. The van der Waals surface area contributed by atoms with E-state index in [1.807, 2.05) is 11.8 Å². The normalized spacial score (nSPS) is 19.0. The molecule has 0 fully saturated rings. The second-order valence-electron chi connectivity index (χ2n) is 12.8. The van der Waals surface area contributed by atoms with Gasteiger partial charge in [0, 0.05) is 26.7 Å². The Balaban J connectivity index is 1.19. The van der Waals surface area contributed by atoms with E-state index in [2.05, 4.69) is 164 Å². The molecule has 2 atom stereocenters. The Kier molecular flexibility index (Phi) is 5.65. The molecule has 0 radical (unpaired) electrons. The SMILES string of the molecule is C1=CC(c2cccc3c2-c2cccc4cccc(c24)S3)CC(C2(c3ccccc3)c3ccccc3-c3cc4ccccc4cc32)=C1. The number of benzene rings is 7. The quantitative estimate of drug-likeness (QED) is 0.194.